The molecule has 1 aromatic carbocycles. The summed E-state index contributed by atoms with van der Waals surface area (Å²) in [4.78, 5) is 31.7. The van der Waals surface area contributed by atoms with Gasteiger partial charge in [0.05, 0.1) is 12.6 Å². The zero-order chi connectivity index (χ0) is 23.6. The van der Waals surface area contributed by atoms with E-state index >= 15 is 0 Å². The average molecular weight is 471 g/mol. The van der Waals surface area contributed by atoms with Gasteiger partial charge in [-0.15, -0.1) is 11.3 Å². The molecule has 0 fully saturated rings. The van der Waals surface area contributed by atoms with E-state index < -0.39 is 0 Å². The number of fused-ring (bicyclic) bond motifs is 1. The van der Waals surface area contributed by atoms with Gasteiger partial charge in [-0.1, -0.05) is 49.6 Å². The molecule has 2 aromatic rings. The van der Waals surface area contributed by atoms with E-state index in [1.54, 1.807) is 16.2 Å². The number of ether oxygens (including phenoxy) is 1. The lowest BCUT2D eigenvalue weighted by Gasteiger charge is -2.37. The van der Waals surface area contributed by atoms with E-state index in [-0.39, 0.29) is 24.4 Å². The molecule has 0 saturated heterocycles. The summed E-state index contributed by atoms with van der Waals surface area (Å²) in [5.41, 5.74) is 3.56. The van der Waals surface area contributed by atoms with E-state index in [9.17, 15) is 9.59 Å². The van der Waals surface area contributed by atoms with Crippen LogP contribution in [0.4, 0.5) is 0 Å². The molecule has 0 spiro atoms. The fourth-order valence-corrected chi connectivity index (χ4v) is 5.33. The maximum Gasteiger partial charge on any atom is 0.242 e. The Balaban J connectivity index is 1.77. The predicted octanol–water partition coefficient (Wildman–Crippen LogP) is 5.37. The van der Waals surface area contributed by atoms with Crippen LogP contribution >= 0.6 is 11.3 Å². The molecular formula is C27H38N2O3S. The van der Waals surface area contributed by atoms with Gasteiger partial charge >= 0.3 is 0 Å². The number of hydrogen-bond donors (Lipinski definition) is 0. The summed E-state index contributed by atoms with van der Waals surface area (Å²) in [7, 11) is 0. The highest BCUT2D eigenvalue weighted by atomic mass is 32.1. The molecule has 3 rings (SSSR count). The SMILES string of the molecule is CCCCCC(=O)N(CCCOCC)CC(=O)N1CCc2sccc2C1c1ccc(C)cc1. The maximum absolute atomic E-state index is 13.6. The van der Waals surface area contributed by atoms with Crippen LogP contribution in [0.15, 0.2) is 35.7 Å². The molecule has 0 saturated carbocycles. The lowest BCUT2D eigenvalue weighted by atomic mass is 9.92. The molecule has 1 aromatic heterocycles. The third-order valence-electron chi connectivity index (χ3n) is 6.27. The van der Waals surface area contributed by atoms with Gasteiger partial charge in [0.1, 0.15) is 0 Å². The summed E-state index contributed by atoms with van der Waals surface area (Å²) in [6.07, 6.45) is 5.11. The smallest absolute Gasteiger partial charge is 0.242 e. The quantitative estimate of drug-likeness (QED) is 0.392. The summed E-state index contributed by atoms with van der Waals surface area (Å²) in [5, 5.41) is 2.12. The Morgan fingerprint density at radius 3 is 2.64 bits per heavy atom. The first kappa shape index (κ1) is 25.4. The third-order valence-corrected chi connectivity index (χ3v) is 7.27. The standard InChI is InChI=1S/C27H38N2O3S/c1-4-6-7-9-25(30)28(16-8-18-32-5-2)20-26(31)29-17-14-24-23(15-19-33-24)27(29)22-12-10-21(3)11-13-22/h10-13,15,19,27H,4-9,14,16-18,20H2,1-3H3. The highest BCUT2D eigenvalue weighted by Gasteiger charge is 2.33. The highest BCUT2D eigenvalue weighted by molar-refractivity contribution is 7.10. The van der Waals surface area contributed by atoms with Crippen molar-refractivity contribution in [3.63, 3.8) is 0 Å². The number of thiophene rings is 1. The van der Waals surface area contributed by atoms with Gasteiger partial charge in [0.25, 0.3) is 0 Å². The van der Waals surface area contributed by atoms with Crippen molar-refractivity contribution in [2.75, 3.05) is 32.8 Å². The Kier molecular flexibility index (Phi) is 9.95. The van der Waals surface area contributed by atoms with Gasteiger partial charge < -0.3 is 14.5 Å². The largest absolute Gasteiger partial charge is 0.382 e. The minimum absolute atomic E-state index is 0.0256. The predicted molar refractivity (Wildman–Crippen MR) is 135 cm³/mol. The van der Waals surface area contributed by atoms with E-state index in [1.165, 1.54) is 16.0 Å². The molecular weight excluding hydrogens is 432 g/mol. The van der Waals surface area contributed by atoms with Crippen molar-refractivity contribution < 1.29 is 14.3 Å². The van der Waals surface area contributed by atoms with Gasteiger partial charge in [-0.05, 0) is 55.7 Å². The number of aryl methyl sites for hydroxylation is 1. The molecule has 1 aliphatic heterocycles. The van der Waals surface area contributed by atoms with Crippen LogP contribution in [0.2, 0.25) is 0 Å². The van der Waals surface area contributed by atoms with E-state index in [4.69, 9.17) is 4.74 Å². The highest BCUT2D eigenvalue weighted by Crippen LogP contribution is 2.38. The number of carbonyl (C=O) groups is 2. The van der Waals surface area contributed by atoms with Crippen molar-refractivity contribution >= 4 is 23.2 Å². The molecule has 1 unspecified atom stereocenters. The van der Waals surface area contributed by atoms with Crippen molar-refractivity contribution in [2.24, 2.45) is 0 Å². The number of amides is 2. The van der Waals surface area contributed by atoms with Gasteiger partial charge in [0.2, 0.25) is 11.8 Å². The fraction of sp³-hybridized carbons (Fsp3) is 0.556. The van der Waals surface area contributed by atoms with Crippen LogP contribution in [-0.4, -0.2) is 54.5 Å². The Hall–Kier alpha value is -2.18. The van der Waals surface area contributed by atoms with E-state index in [1.807, 2.05) is 11.8 Å². The van der Waals surface area contributed by atoms with Crippen molar-refractivity contribution in [3.05, 3.63) is 57.3 Å². The Morgan fingerprint density at radius 2 is 1.91 bits per heavy atom. The number of rotatable bonds is 12. The number of unbranched alkanes of at least 4 members (excludes halogenated alkanes) is 2. The second-order valence-corrected chi connectivity index (χ2v) is 9.77. The first-order valence-corrected chi connectivity index (χ1v) is 13.2. The molecule has 2 amide bonds. The minimum atomic E-state index is -0.0893. The first-order valence-electron chi connectivity index (χ1n) is 12.3. The molecule has 2 heterocycles. The van der Waals surface area contributed by atoms with Crippen molar-refractivity contribution in [1.82, 2.24) is 9.80 Å². The molecule has 6 heteroatoms. The Labute approximate surface area is 202 Å². The monoisotopic (exact) mass is 470 g/mol. The second kappa shape index (κ2) is 12.9. The summed E-state index contributed by atoms with van der Waals surface area (Å²) < 4.78 is 5.47. The number of carbonyl (C=O) groups excluding carboxylic acids is 2. The van der Waals surface area contributed by atoms with Crippen LogP contribution in [0.3, 0.4) is 0 Å². The van der Waals surface area contributed by atoms with Crippen LogP contribution in [0.25, 0.3) is 0 Å². The molecule has 0 radical (unpaired) electrons. The van der Waals surface area contributed by atoms with Crippen molar-refractivity contribution in [3.8, 4) is 0 Å². The molecule has 33 heavy (non-hydrogen) atoms. The second-order valence-electron chi connectivity index (χ2n) is 8.77. The van der Waals surface area contributed by atoms with Gasteiger partial charge in [-0.2, -0.15) is 0 Å². The molecule has 0 N–H and O–H groups in total. The summed E-state index contributed by atoms with van der Waals surface area (Å²) in [6, 6.07) is 10.5. The molecule has 1 atom stereocenters. The number of nitrogens with zero attached hydrogens (tertiary/aromatic N) is 2. The molecule has 5 nitrogen and oxygen atoms in total. The number of hydrogen-bond acceptors (Lipinski definition) is 4. The van der Waals surface area contributed by atoms with Crippen LogP contribution in [0.1, 0.15) is 73.6 Å². The van der Waals surface area contributed by atoms with Gasteiger partial charge in [0, 0.05) is 37.6 Å². The van der Waals surface area contributed by atoms with E-state index in [0.29, 0.717) is 32.7 Å². The lowest BCUT2D eigenvalue weighted by Crippen LogP contribution is -2.47. The minimum Gasteiger partial charge on any atom is -0.382 e. The van der Waals surface area contributed by atoms with Crippen LogP contribution in [0, 0.1) is 6.92 Å². The fourth-order valence-electron chi connectivity index (χ4n) is 4.43. The lowest BCUT2D eigenvalue weighted by molar-refractivity contribution is -0.142. The zero-order valence-corrected chi connectivity index (χ0v) is 21.2. The Morgan fingerprint density at radius 1 is 1.12 bits per heavy atom. The number of benzene rings is 1. The van der Waals surface area contributed by atoms with E-state index in [0.717, 1.165) is 37.7 Å². The summed E-state index contributed by atoms with van der Waals surface area (Å²) >= 11 is 1.77. The molecule has 0 bridgehead atoms. The first-order chi connectivity index (χ1) is 16.0. The molecule has 180 valence electrons. The van der Waals surface area contributed by atoms with Crippen LogP contribution < -0.4 is 0 Å². The average Bonchev–Trinajstić information content (AvgIpc) is 3.30. The topological polar surface area (TPSA) is 49.9 Å². The Bertz CT molecular complexity index is 893. The summed E-state index contributed by atoms with van der Waals surface area (Å²) in [6.45, 7) is 8.83. The van der Waals surface area contributed by atoms with Gasteiger partial charge in [-0.25, -0.2) is 0 Å². The molecule has 0 aliphatic carbocycles. The van der Waals surface area contributed by atoms with Crippen LogP contribution in [-0.2, 0) is 20.7 Å². The van der Waals surface area contributed by atoms with Crippen molar-refractivity contribution in [2.45, 2.75) is 65.3 Å². The van der Waals surface area contributed by atoms with E-state index in [2.05, 4.69) is 49.6 Å². The maximum atomic E-state index is 13.6. The molecule has 1 aliphatic rings. The summed E-state index contributed by atoms with van der Waals surface area (Å²) in [5.74, 6) is 0.103. The van der Waals surface area contributed by atoms with Crippen molar-refractivity contribution in [1.29, 1.82) is 0 Å². The third kappa shape index (κ3) is 6.90. The van der Waals surface area contributed by atoms with Gasteiger partial charge in [-0.3, -0.25) is 9.59 Å². The van der Waals surface area contributed by atoms with Crippen LogP contribution in [0.5, 0.6) is 0 Å². The zero-order valence-electron chi connectivity index (χ0n) is 20.3. The normalized spacial score (nSPS) is 15.4. The van der Waals surface area contributed by atoms with Gasteiger partial charge in [0.15, 0.2) is 0 Å².